The second kappa shape index (κ2) is 6.71. The van der Waals surface area contributed by atoms with Crippen LogP contribution in [-0.2, 0) is 17.3 Å². The molecule has 0 saturated carbocycles. The SMILES string of the molecule is Cc1cc(C(=O)N2CC[C@]3(C(=O)Nc4ccccc43)[C@@H]2c2nccn2C)ccc1Cl. The lowest BCUT2D eigenvalue weighted by Gasteiger charge is -2.33. The van der Waals surface area contributed by atoms with E-state index in [9.17, 15) is 9.59 Å². The van der Waals surface area contributed by atoms with Crippen molar-refractivity contribution in [2.24, 2.45) is 7.05 Å². The largest absolute Gasteiger partial charge is 0.336 e. The first-order chi connectivity index (χ1) is 14.4. The lowest BCUT2D eigenvalue weighted by Crippen LogP contribution is -2.43. The van der Waals surface area contributed by atoms with E-state index in [0.717, 1.165) is 16.8 Å². The van der Waals surface area contributed by atoms with Crippen LogP contribution in [0.15, 0.2) is 54.9 Å². The maximum Gasteiger partial charge on any atom is 0.254 e. The van der Waals surface area contributed by atoms with E-state index in [1.807, 2.05) is 49.0 Å². The van der Waals surface area contributed by atoms with Crippen molar-refractivity contribution in [3.05, 3.63) is 82.4 Å². The van der Waals surface area contributed by atoms with Crippen LogP contribution in [0.5, 0.6) is 0 Å². The first kappa shape index (κ1) is 18.9. The average molecular weight is 421 g/mol. The number of carbonyl (C=O) groups is 2. The minimum absolute atomic E-state index is 0.0840. The molecule has 6 nitrogen and oxygen atoms in total. The molecule has 0 bridgehead atoms. The maximum atomic E-state index is 13.6. The predicted molar refractivity (Wildman–Crippen MR) is 115 cm³/mol. The van der Waals surface area contributed by atoms with Crippen molar-refractivity contribution >= 4 is 29.1 Å². The van der Waals surface area contributed by atoms with Gasteiger partial charge in [-0.3, -0.25) is 9.59 Å². The molecule has 5 rings (SSSR count). The van der Waals surface area contributed by atoms with Gasteiger partial charge in [-0.05, 0) is 48.7 Å². The molecular weight excluding hydrogens is 400 g/mol. The molecule has 0 radical (unpaired) electrons. The van der Waals surface area contributed by atoms with Crippen molar-refractivity contribution in [2.75, 3.05) is 11.9 Å². The third-order valence-electron chi connectivity index (χ3n) is 6.36. The van der Waals surface area contributed by atoms with E-state index in [1.165, 1.54) is 0 Å². The summed E-state index contributed by atoms with van der Waals surface area (Å²) in [5.74, 6) is 0.481. The first-order valence-corrected chi connectivity index (χ1v) is 10.3. The highest BCUT2D eigenvalue weighted by molar-refractivity contribution is 6.31. The van der Waals surface area contributed by atoms with Gasteiger partial charge >= 0.3 is 0 Å². The highest BCUT2D eigenvalue weighted by Crippen LogP contribution is 2.54. The Morgan fingerprint density at radius 1 is 1.27 bits per heavy atom. The number of nitrogens with zero attached hydrogens (tertiary/aromatic N) is 3. The summed E-state index contributed by atoms with van der Waals surface area (Å²) in [6, 6.07) is 12.5. The predicted octanol–water partition coefficient (Wildman–Crippen LogP) is 3.86. The van der Waals surface area contributed by atoms with Gasteiger partial charge in [0.05, 0.1) is 0 Å². The summed E-state index contributed by atoms with van der Waals surface area (Å²) in [7, 11) is 1.89. The Labute approximate surface area is 179 Å². The molecule has 0 aliphatic carbocycles. The number of anilines is 1. The lowest BCUT2D eigenvalue weighted by atomic mass is 9.74. The van der Waals surface area contributed by atoms with E-state index in [4.69, 9.17) is 11.6 Å². The topological polar surface area (TPSA) is 67.2 Å². The highest BCUT2D eigenvalue weighted by atomic mass is 35.5. The Hall–Kier alpha value is -3.12. The van der Waals surface area contributed by atoms with Crippen LogP contribution in [0.4, 0.5) is 5.69 Å². The Kier molecular flexibility index (Phi) is 4.22. The van der Waals surface area contributed by atoms with Crippen LogP contribution in [0.1, 0.15) is 39.8 Å². The number of aryl methyl sites for hydroxylation is 2. The van der Waals surface area contributed by atoms with Crippen LogP contribution in [-0.4, -0.2) is 32.8 Å². The van der Waals surface area contributed by atoms with Gasteiger partial charge in [0.1, 0.15) is 17.3 Å². The number of likely N-dealkylation sites (tertiary alicyclic amines) is 1. The summed E-state index contributed by atoms with van der Waals surface area (Å²) in [4.78, 5) is 33.3. The number of fused-ring (bicyclic) bond motifs is 2. The number of imidazole rings is 1. The molecule has 3 aromatic rings. The fourth-order valence-corrected chi connectivity index (χ4v) is 4.97. The third-order valence-corrected chi connectivity index (χ3v) is 6.78. The fraction of sp³-hybridized carbons (Fsp3) is 0.261. The number of halogens is 1. The summed E-state index contributed by atoms with van der Waals surface area (Å²) < 4.78 is 1.89. The molecule has 7 heteroatoms. The van der Waals surface area contributed by atoms with Gasteiger partial charge in [-0.15, -0.1) is 0 Å². The van der Waals surface area contributed by atoms with E-state index in [1.54, 1.807) is 29.3 Å². The zero-order valence-corrected chi connectivity index (χ0v) is 17.5. The van der Waals surface area contributed by atoms with Gasteiger partial charge in [0.25, 0.3) is 5.91 Å². The number of aromatic nitrogens is 2. The highest BCUT2D eigenvalue weighted by Gasteiger charge is 2.60. The van der Waals surface area contributed by atoms with Gasteiger partial charge in [0.15, 0.2) is 0 Å². The second-order valence-corrected chi connectivity index (χ2v) is 8.39. The number of nitrogens with one attached hydrogen (secondary N) is 1. The van der Waals surface area contributed by atoms with Crippen molar-refractivity contribution in [1.82, 2.24) is 14.5 Å². The van der Waals surface area contributed by atoms with Gasteiger partial charge in [-0.25, -0.2) is 4.98 Å². The number of benzene rings is 2. The van der Waals surface area contributed by atoms with Gasteiger partial charge in [-0.2, -0.15) is 0 Å². The zero-order valence-electron chi connectivity index (χ0n) is 16.7. The van der Waals surface area contributed by atoms with E-state index < -0.39 is 11.5 Å². The molecule has 2 aliphatic heterocycles. The number of rotatable bonds is 2. The lowest BCUT2D eigenvalue weighted by molar-refractivity contribution is -0.121. The molecule has 152 valence electrons. The molecule has 1 N–H and O–H groups in total. The number of hydrogen-bond donors (Lipinski definition) is 1. The molecule has 1 spiro atoms. The quantitative estimate of drug-likeness (QED) is 0.684. The van der Waals surface area contributed by atoms with E-state index in [-0.39, 0.29) is 11.8 Å². The normalized spacial score (nSPS) is 22.4. The summed E-state index contributed by atoms with van der Waals surface area (Å²) in [5.41, 5.74) is 2.25. The number of hydrogen-bond acceptors (Lipinski definition) is 3. The van der Waals surface area contributed by atoms with Crippen LogP contribution in [0, 0.1) is 6.92 Å². The Bertz CT molecular complexity index is 1190. The summed E-state index contributed by atoms with van der Waals surface area (Å²) >= 11 is 6.16. The van der Waals surface area contributed by atoms with Crippen LogP contribution in [0.25, 0.3) is 0 Å². The maximum absolute atomic E-state index is 13.6. The molecule has 3 heterocycles. The average Bonchev–Trinajstić information content (AvgIpc) is 3.41. The number of carbonyl (C=O) groups excluding carboxylic acids is 2. The molecule has 1 saturated heterocycles. The zero-order chi connectivity index (χ0) is 21.0. The molecule has 0 unspecified atom stereocenters. The van der Waals surface area contributed by atoms with Crippen molar-refractivity contribution < 1.29 is 9.59 Å². The van der Waals surface area contributed by atoms with Crippen LogP contribution in [0.3, 0.4) is 0 Å². The van der Waals surface area contributed by atoms with E-state index in [0.29, 0.717) is 29.4 Å². The molecule has 2 amide bonds. The Balaban J connectivity index is 1.67. The Morgan fingerprint density at radius 2 is 2.07 bits per heavy atom. The van der Waals surface area contributed by atoms with Crippen molar-refractivity contribution in [2.45, 2.75) is 24.8 Å². The molecular formula is C23H21ClN4O2. The number of amides is 2. The molecule has 30 heavy (non-hydrogen) atoms. The van der Waals surface area contributed by atoms with Gasteiger partial charge in [0, 0.05) is 42.3 Å². The fourth-order valence-electron chi connectivity index (χ4n) is 4.85. The van der Waals surface area contributed by atoms with E-state index >= 15 is 0 Å². The molecule has 2 aromatic carbocycles. The van der Waals surface area contributed by atoms with Crippen LogP contribution in [0.2, 0.25) is 5.02 Å². The Morgan fingerprint density at radius 3 is 2.80 bits per heavy atom. The molecule has 2 atom stereocenters. The van der Waals surface area contributed by atoms with Crippen molar-refractivity contribution in [1.29, 1.82) is 0 Å². The minimum Gasteiger partial charge on any atom is -0.336 e. The van der Waals surface area contributed by atoms with Gasteiger partial charge in [-0.1, -0.05) is 29.8 Å². The number of para-hydroxylation sites is 1. The summed E-state index contributed by atoms with van der Waals surface area (Å²) in [5, 5.41) is 3.65. The van der Waals surface area contributed by atoms with Gasteiger partial charge < -0.3 is 14.8 Å². The smallest absolute Gasteiger partial charge is 0.254 e. The first-order valence-electron chi connectivity index (χ1n) is 9.89. The summed E-state index contributed by atoms with van der Waals surface area (Å²) in [6.07, 6.45) is 4.08. The van der Waals surface area contributed by atoms with Crippen molar-refractivity contribution in [3.8, 4) is 0 Å². The molecule has 1 fully saturated rings. The molecule has 1 aromatic heterocycles. The van der Waals surface area contributed by atoms with Crippen molar-refractivity contribution in [3.63, 3.8) is 0 Å². The summed E-state index contributed by atoms with van der Waals surface area (Å²) in [6.45, 7) is 2.33. The standard InChI is InChI=1S/C23H21ClN4O2/c1-14-13-15(7-8-17(14)24)21(29)28-11-9-23(19(28)20-25-10-12-27(20)2)16-5-3-4-6-18(16)26-22(23)30/h3-8,10,12-13,19H,9,11H2,1-2H3,(H,26,30)/t19-,23+/m0/s1. The van der Waals surface area contributed by atoms with Gasteiger partial charge in [0.2, 0.25) is 5.91 Å². The van der Waals surface area contributed by atoms with Crippen LogP contribution < -0.4 is 5.32 Å². The molecule has 2 aliphatic rings. The second-order valence-electron chi connectivity index (χ2n) is 7.98. The van der Waals surface area contributed by atoms with E-state index in [2.05, 4.69) is 10.3 Å². The minimum atomic E-state index is -0.868. The monoisotopic (exact) mass is 420 g/mol. The van der Waals surface area contributed by atoms with Crippen LogP contribution >= 0.6 is 11.6 Å². The third kappa shape index (κ3) is 2.53.